The fourth-order valence-electron chi connectivity index (χ4n) is 2.39. The number of carbonyl (C=O) groups excluding carboxylic acids is 1. The number of hydrogen-bond donors (Lipinski definition) is 1. The summed E-state index contributed by atoms with van der Waals surface area (Å²) in [6, 6.07) is 14.1. The standard InChI is InChI=1S/C19H24N2O2S/c1-21(2)13-15-12-14(5-11-19(20)22)4-10-18(15)23-16-6-8-17(24-3)9-7-16/h4,6-10,12H,5,11,13H2,1-3H3,(H2,20,22). The quantitative estimate of drug-likeness (QED) is 0.742. The van der Waals surface area contributed by atoms with E-state index >= 15 is 0 Å². The predicted octanol–water partition coefficient (Wildman–Crippen LogP) is 3.68. The van der Waals surface area contributed by atoms with Crippen LogP contribution in [-0.4, -0.2) is 31.2 Å². The normalized spacial score (nSPS) is 10.8. The highest BCUT2D eigenvalue weighted by Crippen LogP contribution is 2.29. The molecule has 0 aliphatic carbocycles. The molecular weight excluding hydrogens is 320 g/mol. The summed E-state index contributed by atoms with van der Waals surface area (Å²) in [6.45, 7) is 0.767. The molecule has 0 bridgehead atoms. The summed E-state index contributed by atoms with van der Waals surface area (Å²) < 4.78 is 6.06. The lowest BCUT2D eigenvalue weighted by Gasteiger charge is -2.16. The number of nitrogens with zero attached hydrogens (tertiary/aromatic N) is 1. The van der Waals surface area contributed by atoms with E-state index in [1.807, 2.05) is 50.5 Å². The van der Waals surface area contributed by atoms with Gasteiger partial charge in [-0.25, -0.2) is 0 Å². The van der Waals surface area contributed by atoms with Crippen LogP contribution in [0.4, 0.5) is 0 Å². The molecule has 2 rings (SSSR count). The van der Waals surface area contributed by atoms with E-state index in [0.717, 1.165) is 29.2 Å². The topological polar surface area (TPSA) is 55.6 Å². The van der Waals surface area contributed by atoms with E-state index in [4.69, 9.17) is 10.5 Å². The summed E-state index contributed by atoms with van der Waals surface area (Å²) in [4.78, 5) is 14.3. The summed E-state index contributed by atoms with van der Waals surface area (Å²) in [6.07, 6.45) is 3.06. The van der Waals surface area contributed by atoms with E-state index in [0.29, 0.717) is 12.8 Å². The zero-order valence-electron chi connectivity index (χ0n) is 14.4. The minimum atomic E-state index is -0.279. The van der Waals surface area contributed by atoms with Crippen LogP contribution in [0.2, 0.25) is 0 Å². The zero-order chi connectivity index (χ0) is 17.5. The van der Waals surface area contributed by atoms with Crippen molar-refractivity contribution >= 4 is 17.7 Å². The van der Waals surface area contributed by atoms with Gasteiger partial charge in [-0.1, -0.05) is 12.1 Å². The Kier molecular flexibility index (Phi) is 6.70. The fraction of sp³-hybridized carbons (Fsp3) is 0.316. The minimum absolute atomic E-state index is 0.279. The van der Waals surface area contributed by atoms with Gasteiger partial charge in [0.05, 0.1) is 0 Å². The van der Waals surface area contributed by atoms with Crippen LogP contribution in [0.1, 0.15) is 17.5 Å². The Morgan fingerprint density at radius 2 is 1.88 bits per heavy atom. The highest BCUT2D eigenvalue weighted by atomic mass is 32.2. The van der Waals surface area contributed by atoms with Crippen LogP contribution in [0.3, 0.4) is 0 Å². The Bertz CT molecular complexity index is 684. The minimum Gasteiger partial charge on any atom is -0.457 e. The highest BCUT2D eigenvalue weighted by molar-refractivity contribution is 7.98. The van der Waals surface area contributed by atoms with E-state index < -0.39 is 0 Å². The number of amides is 1. The van der Waals surface area contributed by atoms with Crippen molar-refractivity contribution in [3.63, 3.8) is 0 Å². The number of thioether (sulfide) groups is 1. The summed E-state index contributed by atoms with van der Waals surface area (Å²) in [5.74, 6) is 1.37. The van der Waals surface area contributed by atoms with Gasteiger partial charge in [0.1, 0.15) is 11.5 Å². The Labute approximate surface area is 148 Å². The first-order chi connectivity index (χ1) is 11.5. The second-order valence-electron chi connectivity index (χ2n) is 5.92. The van der Waals surface area contributed by atoms with Crippen LogP contribution >= 0.6 is 11.8 Å². The monoisotopic (exact) mass is 344 g/mol. The molecule has 128 valence electrons. The molecule has 5 heteroatoms. The fourth-order valence-corrected chi connectivity index (χ4v) is 2.80. The Morgan fingerprint density at radius 3 is 2.46 bits per heavy atom. The van der Waals surface area contributed by atoms with Gasteiger partial charge < -0.3 is 15.4 Å². The molecule has 4 nitrogen and oxygen atoms in total. The SMILES string of the molecule is CSc1ccc(Oc2ccc(CCC(N)=O)cc2CN(C)C)cc1. The van der Waals surface area contributed by atoms with Gasteiger partial charge >= 0.3 is 0 Å². The van der Waals surface area contributed by atoms with E-state index in [1.54, 1.807) is 11.8 Å². The third kappa shape index (κ3) is 5.58. The van der Waals surface area contributed by atoms with Crippen molar-refractivity contribution in [3.8, 4) is 11.5 Å². The number of ether oxygens (including phenoxy) is 1. The van der Waals surface area contributed by atoms with Crippen molar-refractivity contribution in [2.24, 2.45) is 5.73 Å². The van der Waals surface area contributed by atoms with Crippen molar-refractivity contribution in [2.75, 3.05) is 20.4 Å². The lowest BCUT2D eigenvalue weighted by molar-refractivity contribution is -0.117. The number of aryl methyl sites for hydroxylation is 1. The van der Waals surface area contributed by atoms with Gasteiger partial charge in [-0.05, 0) is 62.7 Å². The van der Waals surface area contributed by atoms with E-state index in [-0.39, 0.29) is 5.91 Å². The zero-order valence-corrected chi connectivity index (χ0v) is 15.2. The first-order valence-electron chi connectivity index (χ1n) is 7.84. The van der Waals surface area contributed by atoms with Crippen LogP contribution in [0.25, 0.3) is 0 Å². The maximum Gasteiger partial charge on any atom is 0.217 e. The molecule has 2 aromatic carbocycles. The van der Waals surface area contributed by atoms with Gasteiger partial charge in [0.15, 0.2) is 0 Å². The molecule has 24 heavy (non-hydrogen) atoms. The summed E-state index contributed by atoms with van der Waals surface area (Å²) in [5, 5.41) is 0. The Hall–Kier alpha value is -1.98. The van der Waals surface area contributed by atoms with Gasteiger partial charge in [0.25, 0.3) is 0 Å². The van der Waals surface area contributed by atoms with Gasteiger partial charge in [-0.3, -0.25) is 4.79 Å². The molecule has 1 amide bonds. The molecule has 0 unspecified atom stereocenters. The third-order valence-electron chi connectivity index (χ3n) is 3.56. The molecule has 0 saturated heterocycles. The molecule has 2 aromatic rings. The van der Waals surface area contributed by atoms with Crippen molar-refractivity contribution in [2.45, 2.75) is 24.3 Å². The Morgan fingerprint density at radius 1 is 1.17 bits per heavy atom. The number of benzene rings is 2. The van der Waals surface area contributed by atoms with Gasteiger partial charge in [-0.2, -0.15) is 0 Å². The smallest absolute Gasteiger partial charge is 0.217 e. The second-order valence-corrected chi connectivity index (χ2v) is 6.80. The van der Waals surface area contributed by atoms with Gasteiger partial charge in [-0.15, -0.1) is 11.8 Å². The van der Waals surface area contributed by atoms with E-state index in [1.165, 1.54) is 4.90 Å². The number of hydrogen-bond acceptors (Lipinski definition) is 4. The van der Waals surface area contributed by atoms with E-state index in [2.05, 4.69) is 17.2 Å². The molecule has 0 fully saturated rings. The number of carbonyl (C=O) groups is 1. The molecule has 0 atom stereocenters. The Balaban J connectivity index is 2.21. The van der Waals surface area contributed by atoms with Crippen LogP contribution in [-0.2, 0) is 17.8 Å². The molecule has 2 N–H and O–H groups in total. The maximum atomic E-state index is 11.0. The number of primary amides is 1. The molecule has 0 spiro atoms. The van der Waals surface area contributed by atoms with Gasteiger partial charge in [0, 0.05) is 23.4 Å². The lowest BCUT2D eigenvalue weighted by atomic mass is 10.0. The maximum absolute atomic E-state index is 11.0. The van der Waals surface area contributed by atoms with Crippen molar-refractivity contribution in [3.05, 3.63) is 53.6 Å². The molecule has 0 aromatic heterocycles. The van der Waals surface area contributed by atoms with Crippen molar-refractivity contribution in [1.29, 1.82) is 0 Å². The molecule has 0 saturated carbocycles. The van der Waals surface area contributed by atoms with Crippen LogP contribution in [0.15, 0.2) is 47.4 Å². The molecule has 0 radical (unpaired) electrons. The molecular formula is C19H24N2O2S. The number of nitrogens with two attached hydrogens (primary N) is 1. The van der Waals surface area contributed by atoms with Crippen LogP contribution in [0.5, 0.6) is 11.5 Å². The summed E-state index contributed by atoms with van der Waals surface area (Å²) in [5.41, 5.74) is 7.43. The molecule has 0 aliphatic rings. The number of rotatable bonds is 8. The predicted molar refractivity (Wildman–Crippen MR) is 99.6 cm³/mol. The largest absolute Gasteiger partial charge is 0.457 e. The van der Waals surface area contributed by atoms with E-state index in [9.17, 15) is 4.79 Å². The van der Waals surface area contributed by atoms with Crippen LogP contribution < -0.4 is 10.5 Å². The van der Waals surface area contributed by atoms with Crippen LogP contribution in [0, 0.1) is 0 Å². The van der Waals surface area contributed by atoms with Gasteiger partial charge in [0.2, 0.25) is 5.91 Å². The average Bonchev–Trinajstić information content (AvgIpc) is 2.55. The first kappa shape index (κ1) is 18.4. The highest BCUT2D eigenvalue weighted by Gasteiger charge is 2.09. The third-order valence-corrected chi connectivity index (χ3v) is 4.30. The van der Waals surface area contributed by atoms with Crippen molar-refractivity contribution in [1.82, 2.24) is 4.90 Å². The average molecular weight is 344 g/mol. The first-order valence-corrected chi connectivity index (χ1v) is 9.07. The molecule has 0 heterocycles. The summed E-state index contributed by atoms with van der Waals surface area (Å²) in [7, 11) is 4.04. The molecule has 0 aliphatic heterocycles. The lowest BCUT2D eigenvalue weighted by Crippen LogP contribution is -2.13. The summed E-state index contributed by atoms with van der Waals surface area (Å²) >= 11 is 1.71. The van der Waals surface area contributed by atoms with Crippen molar-refractivity contribution < 1.29 is 9.53 Å². The second kappa shape index (κ2) is 8.76.